The van der Waals surface area contributed by atoms with Gasteiger partial charge in [-0.25, -0.2) is 4.98 Å². The number of ketones is 1. The minimum Gasteiger partial charge on any atom is -0.292 e. The molecule has 0 amide bonds. The molecule has 4 heteroatoms. The summed E-state index contributed by atoms with van der Waals surface area (Å²) in [5.74, 6) is 0.0738. The predicted octanol–water partition coefficient (Wildman–Crippen LogP) is 2.74. The average molecular weight is 232 g/mol. The number of aromatic nitrogens is 2. The van der Waals surface area contributed by atoms with Crippen LogP contribution in [0.4, 0.5) is 0 Å². The number of Topliss-reactive ketones (excluding diaryl/α,β-unsaturated/α-hetero) is 1. The van der Waals surface area contributed by atoms with Crippen LogP contribution in [-0.4, -0.2) is 15.8 Å². The largest absolute Gasteiger partial charge is 0.292 e. The molecule has 0 saturated heterocycles. The van der Waals surface area contributed by atoms with E-state index in [0.29, 0.717) is 12.1 Å². The molecule has 0 spiro atoms. The summed E-state index contributed by atoms with van der Waals surface area (Å²) < 4.78 is 0. The fourth-order valence-electron chi connectivity index (χ4n) is 1.45. The lowest BCUT2D eigenvalue weighted by molar-refractivity contribution is 0.0975. The normalized spacial score (nSPS) is 10.2. The maximum atomic E-state index is 11.7. The molecule has 0 aliphatic carbocycles. The maximum Gasteiger partial charge on any atom is 0.182 e. The number of aryl methyl sites for hydroxylation is 1. The van der Waals surface area contributed by atoms with E-state index in [0.717, 1.165) is 12.8 Å². The van der Waals surface area contributed by atoms with E-state index in [4.69, 9.17) is 0 Å². The van der Waals surface area contributed by atoms with Gasteiger partial charge in [0.1, 0.15) is 5.69 Å². The highest BCUT2D eigenvalue weighted by Gasteiger charge is 2.06. The van der Waals surface area contributed by atoms with Crippen molar-refractivity contribution in [3.8, 4) is 0 Å². The molecule has 0 bridgehead atoms. The van der Waals surface area contributed by atoms with E-state index >= 15 is 0 Å². The van der Waals surface area contributed by atoms with Crippen molar-refractivity contribution in [3.63, 3.8) is 0 Å². The summed E-state index contributed by atoms with van der Waals surface area (Å²) in [6.45, 7) is 0. The molecule has 0 N–H and O–H groups in total. The minimum atomic E-state index is 0.0738. The van der Waals surface area contributed by atoms with Crippen LogP contribution in [0.15, 0.2) is 36.1 Å². The van der Waals surface area contributed by atoms with Gasteiger partial charge in [0.05, 0.1) is 6.20 Å². The molecule has 16 heavy (non-hydrogen) atoms. The van der Waals surface area contributed by atoms with Crippen molar-refractivity contribution >= 4 is 17.1 Å². The van der Waals surface area contributed by atoms with Crippen molar-refractivity contribution < 1.29 is 4.79 Å². The molecule has 0 unspecified atom stereocenters. The molecular weight excluding hydrogens is 220 g/mol. The van der Waals surface area contributed by atoms with Crippen molar-refractivity contribution in [3.05, 3.63) is 46.7 Å². The summed E-state index contributed by atoms with van der Waals surface area (Å²) in [4.78, 5) is 20.9. The van der Waals surface area contributed by atoms with Gasteiger partial charge in [0.15, 0.2) is 5.78 Å². The van der Waals surface area contributed by atoms with Gasteiger partial charge in [-0.2, -0.15) is 0 Å². The number of nitrogens with zero attached hydrogens (tertiary/aromatic N) is 2. The van der Waals surface area contributed by atoms with Crippen LogP contribution < -0.4 is 0 Å². The van der Waals surface area contributed by atoms with E-state index in [2.05, 4.69) is 21.4 Å². The van der Waals surface area contributed by atoms with Crippen LogP contribution in [-0.2, 0) is 6.42 Å². The number of carbonyl (C=O) groups excluding carboxylic acids is 1. The standard InChI is InChI=1S/C12H12N2OS/c15-12(11-9-13-6-7-14-11)5-1-3-10-4-2-8-16-10/h2,4,6-9H,1,3,5H2. The molecule has 0 aliphatic rings. The molecule has 0 fully saturated rings. The van der Waals surface area contributed by atoms with Crippen LogP contribution in [0.2, 0.25) is 0 Å². The van der Waals surface area contributed by atoms with Gasteiger partial charge in [0.2, 0.25) is 0 Å². The average Bonchev–Trinajstić information content (AvgIpc) is 2.83. The summed E-state index contributed by atoms with van der Waals surface area (Å²) in [5, 5.41) is 2.06. The number of carbonyl (C=O) groups is 1. The summed E-state index contributed by atoms with van der Waals surface area (Å²) >= 11 is 1.73. The van der Waals surface area contributed by atoms with Crippen molar-refractivity contribution in [2.45, 2.75) is 19.3 Å². The first-order valence-corrected chi connectivity index (χ1v) is 6.06. The Morgan fingerprint density at radius 1 is 1.38 bits per heavy atom. The molecule has 0 aromatic carbocycles. The SMILES string of the molecule is O=C(CCCc1cccs1)c1cnccn1. The first kappa shape index (κ1) is 11.0. The molecule has 2 aromatic heterocycles. The highest BCUT2D eigenvalue weighted by atomic mass is 32.1. The molecule has 0 saturated carbocycles. The molecule has 2 aromatic rings. The third-order valence-corrected chi connectivity index (χ3v) is 3.19. The Morgan fingerprint density at radius 3 is 3.00 bits per heavy atom. The van der Waals surface area contributed by atoms with E-state index < -0.39 is 0 Å². The molecule has 82 valence electrons. The lowest BCUT2D eigenvalue weighted by atomic mass is 10.1. The smallest absolute Gasteiger partial charge is 0.182 e. The molecule has 0 radical (unpaired) electrons. The fraction of sp³-hybridized carbons (Fsp3) is 0.250. The zero-order valence-corrected chi connectivity index (χ0v) is 9.61. The van der Waals surface area contributed by atoms with Crippen LogP contribution >= 0.6 is 11.3 Å². The van der Waals surface area contributed by atoms with Crippen LogP contribution in [0.1, 0.15) is 28.2 Å². The van der Waals surface area contributed by atoms with Crippen molar-refractivity contribution in [1.82, 2.24) is 9.97 Å². The molecule has 0 aliphatic heterocycles. The van der Waals surface area contributed by atoms with Gasteiger partial charge in [-0.05, 0) is 24.3 Å². The zero-order chi connectivity index (χ0) is 11.2. The number of thiophene rings is 1. The van der Waals surface area contributed by atoms with Gasteiger partial charge >= 0.3 is 0 Å². The van der Waals surface area contributed by atoms with Gasteiger partial charge in [-0.15, -0.1) is 11.3 Å². The van der Waals surface area contributed by atoms with Crippen molar-refractivity contribution in [2.75, 3.05) is 0 Å². The summed E-state index contributed by atoms with van der Waals surface area (Å²) in [6, 6.07) is 4.13. The Balaban J connectivity index is 1.81. The van der Waals surface area contributed by atoms with E-state index in [-0.39, 0.29) is 5.78 Å². The van der Waals surface area contributed by atoms with Gasteiger partial charge in [-0.3, -0.25) is 9.78 Å². The summed E-state index contributed by atoms with van der Waals surface area (Å²) in [6.07, 6.45) is 7.01. The summed E-state index contributed by atoms with van der Waals surface area (Å²) in [7, 11) is 0. The van der Waals surface area contributed by atoms with Crippen molar-refractivity contribution in [1.29, 1.82) is 0 Å². The Morgan fingerprint density at radius 2 is 2.31 bits per heavy atom. The fourth-order valence-corrected chi connectivity index (χ4v) is 2.20. The predicted molar refractivity (Wildman–Crippen MR) is 63.6 cm³/mol. The first-order valence-electron chi connectivity index (χ1n) is 5.18. The second-order valence-electron chi connectivity index (χ2n) is 3.45. The summed E-state index contributed by atoms with van der Waals surface area (Å²) in [5.41, 5.74) is 0.466. The third-order valence-electron chi connectivity index (χ3n) is 2.26. The van der Waals surface area contributed by atoms with E-state index in [9.17, 15) is 4.79 Å². The quantitative estimate of drug-likeness (QED) is 0.744. The molecule has 3 nitrogen and oxygen atoms in total. The van der Waals surface area contributed by atoms with Crippen molar-refractivity contribution in [2.24, 2.45) is 0 Å². The topological polar surface area (TPSA) is 42.9 Å². The van der Waals surface area contributed by atoms with Gasteiger partial charge in [0.25, 0.3) is 0 Å². The Hall–Kier alpha value is -1.55. The van der Waals surface area contributed by atoms with Crippen LogP contribution in [0.3, 0.4) is 0 Å². The number of rotatable bonds is 5. The van der Waals surface area contributed by atoms with Gasteiger partial charge in [0, 0.05) is 23.7 Å². The monoisotopic (exact) mass is 232 g/mol. The molecule has 2 rings (SSSR count). The Labute approximate surface area is 98.2 Å². The van der Waals surface area contributed by atoms with Gasteiger partial charge < -0.3 is 0 Å². The number of hydrogen-bond acceptors (Lipinski definition) is 4. The first-order chi connectivity index (χ1) is 7.86. The Kier molecular flexibility index (Phi) is 3.77. The van der Waals surface area contributed by atoms with Crippen LogP contribution in [0.5, 0.6) is 0 Å². The molecular formula is C12H12N2OS. The minimum absolute atomic E-state index is 0.0738. The second kappa shape index (κ2) is 5.51. The van der Waals surface area contributed by atoms with E-state index in [1.165, 1.54) is 11.1 Å². The van der Waals surface area contributed by atoms with Crippen LogP contribution in [0.25, 0.3) is 0 Å². The lowest BCUT2D eigenvalue weighted by Gasteiger charge is -1.98. The van der Waals surface area contributed by atoms with Crippen LogP contribution in [0, 0.1) is 0 Å². The van der Waals surface area contributed by atoms with Gasteiger partial charge in [-0.1, -0.05) is 6.07 Å². The van der Waals surface area contributed by atoms with E-state index in [1.54, 1.807) is 23.7 Å². The molecule has 2 heterocycles. The highest BCUT2D eigenvalue weighted by molar-refractivity contribution is 7.09. The maximum absolute atomic E-state index is 11.7. The number of hydrogen-bond donors (Lipinski definition) is 0. The third kappa shape index (κ3) is 2.97. The highest BCUT2D eigenvalue weighted by Crippen LogP contribution is 2.12. The second-order valence-corrected chi connectivity index (χ2v) is 4.48. The molecule has 0 atom stereocenters. The zero-order valence-electron chi connectivity index (χ0n) is 8.80. The lowest BCUT2D eigenvalue weighted by Crippen LogP contribution is -2.02. The Bertz CT molecular complexity index is 439. The van der Waals surface area contributed by atoms with E-state index in [1.807, 2.05) is 6.07 Å².